The van der Waals surface area contributed by atoms with Gasteiger partial charge in [-0.15, -0.1) is 0 Å². The van der Waals surface area contributed by atoms with Crippen LogP contribution in [0.2, 0.25) is 0 Å². The van der Waals surface area contributed by atoms with Gasteiger partial charge in [0.05, 0.1) is 52.5 Å². The van der Waals surface area contributed by atoms with Crippen LogP contribution in [-0.2, 0) is 18.6 Å². The number of aliphatic hydroxyl groups excluding tert-OH is 2. The van der Waals surface area contributed by atoms with Crippen LogP contribution in [0.4, 0.5) is 27.5 Å². The minimum Gasteiger partial charge on any atom is -0.393 e. The van der Waals surface area contributed by atoms with E-state index < -0.39 is 11.9 Å². The molecule has 23 nitrogen and oxygen atoms in total. The molecule has 12 aromatic rings. The van der Waals surface area contributed by atoms with Gasteiger partial charge in [-0.05, 0) is 130 Å². The van der Waals surface area contributed by atoms with Crippen LogP contribution in [-0.4, -0.2) is 106 Å². The van der Waals surface area contributed by atoms with Gasteiger partial charge in [-0.25, -0.2) is 48.3 Å². The molecular formula is C75H75FN18O5. The molecule has 2 fully saturated rings. The molecule has 2 saturated carbocycles. The number of rotatable bonds is 15. The van der Waals surface area contributed by atoms with Crippen LogP contribution < -0.4 is 33.2 Å². The number of aliphatic hydroxyl groups is 2. The summed E-state index contributed by atoms with van der Waals surface area (Å²) in [7, 11) is 0. The van der Waals surface area contributed by atoms with Crippen LogP contribution in [0.25, 0.3) is 66.9 Å². The number of Topliss-reactive ketones (excluding diaryl/α,β-unsaturated/α-hetero) is 1. The third kappa shape index (κ3) is 13.8. The number of ketones is 1. The second-order valence-corrected chi connectivity index (χ2v) is 26.3. The molecule has 0 spiro atoms. The van der Waals surface area contributed by atoms with E-state index in [4.69, 9.17) is 32.5 Å². The fourth-order valence-corrected chi connectivity index (χ4v) is 13.0. The number of allylic oxidation sites excluding steroid dienone is 1. The molecule has 6 heterocycles. The van der Waals surface area contributed by atoms with Crippen molar-refractivity contribution in [2.45, 2.75) is 104 Å². The zero-order valence-corrected chi connectivity index (χ0v) is 55.5. The van der Waals surface area contributed by atoms with E-state index in [0.29, 0.717) is 111 Å². The molecule has 3 aliphatic carbocycles. The van der Waals surface area contributed by atoms with Crippen molar-refractivity contribution in [3.8, 4) is 33.8 Å². The normalized spacial score (nSPS) is 17.5. The number of nitrogens with one attached hydrogen (secondary N) is 3. The first-order valence-corrected chi connectivity index (χ1v) is 32.7. The molecule has 3 aliphatic rings. The van der Waals surface area contributed by atoms with Crippen molar-refractivity contribution < 1.29 is 29.0 Å². The molecule has 0 saturated heterocycles. The van der Waals surface area contributed by atoms with Gasteiger partial charge in [-0.3, -0.25) is 14.4 Å². The van der Waals surface area contributed by atoms with Gasteiger partial charge >= 0.3 is 0 Å². The maximum atomic E-state index is 13.5. The number of nitrogens with two attached hydrogens (primary N) is 3. The van der Waals surface area contributed by atoms with Crippen LogP contribution in [0, 0.1) is 38.4 Å². The highest BCUT2D eigenvalue weighted by atomic mass is 19.1. The number of hydrogen-bond donors (Lipinski definition) is 8. The Labute approximate surface area is 569 Å². The number of carbonyl (C=O) groups excluding carboxylic acids is 3. The van der Waals surface area contributed by atoms with Crippen molar-refractivity contribution >= 4 is 73.8 Å². The van der Waals surface area contributed by atoms with Gasteiger partial charge in [0.2, 0.25) is 0 Å². The highest BCUT2D eigenvalue weighted by Crippen LogP contribution is 2.58. The lowest BCUT2D eigenvalue weighted by Gasteiger charge is -2.19. The molecule has 15 rings (SSSR count). The van der Waals surface area contributed by atoms with Crippen LogP contribution in [0.3, 0.4) is 0 Å². The molecule has 2 amide bonds. The maximum absolute atomic E-state index is 13.5. The van der Waals surface area contributed by atoms with E-state index in [2.05, 4.69) is 45.9 Å². The van der Waals surface area contributed by atoms with Crippen LogP contribution in [0.5, 0.6) is 0 Å². The van der Waals surface area contributed by atoms with Gasteiger partial charge in [-0.2, -0.15) is 15.3 Å². The summed E-state index contributed by atoms with van der Waals surface area (Å²) in [5.41, 5.74) is 32.2. The Morgan fingerprint density at radius 3 is 1.49 bits per heavy atom. The Balaban J connectivity index is 0.000000133. The largest absolute Gasteiger partial charge is 0.393 e. The molecule has 0 radical (unpaired) electrons. The Morgan fingerprint density at radius 2 is 1.01 bits per heavy atom. The second kappa shape index (κ2) is 27.5. The number of benzene rings is 6. The fraction of sp³-hybridized carbons (Fsp3) is 0.253. The topological polar surface area (TPSA) is 337 Å². The van der Waals surface area contributed by atoms with E-state index in [0.717, 1.165) is 67.7 Å². The lowest BCUT2D eigenvalue weighted by molar-refractivity contribution is 0.0942. The highest BCUT2D eigenvalue weighted by Gasteiger charge is 2.55. The second-order valence-electron chi connectivity index (χ2n) is 26.3. The lowest BCUT2D eigenvalue weighted by atomic mass is 10.0. The molecule has 99 heavy (non-hydrogen) atoms. The first-order chi connectivity index (χ1) is 47.7. The smallest absolute Gasteiger partial charge is 0.251 e. The summed E-state index contributed by atoms with van der Waals surface area (Å²) in [6, 6.07) is 42.6. The first-order valence-electron chi connectivity index (χ1n) is 32.7. The Hall–Kier alpha value is -11.6. The average molecular weight is 1330 g/mol. The van der Waals surface area contributed by atoms with Gasteiger partial charge in [0.25, 0.3) is 11.8 Å². The minimum atomic E-state index is -0.494. The molecule has 0 aliphatic heterocycles. The molecule has 6 aromatic heterocycles. The van der Waals surface area contributed by atoms with Gasteiger partial charge in [0.1, 0.15) is 59.3 Å². The molecule has 11 N–H and O–H groups in total. The van der Waals surface area contributed by atoms with E-state index in [-0.39, 0.29) is 47.9 Å². The molecule has 6 aromatic carbocycles. The fourth-order valence-electron chi connectivity index (χ4n) is 13.0. The first kappa shape index (κ1) is 66.0. The van der Waals surface area contributed by atoms with Crippen LogP contribution in [0.1, 0.15) is 111 Å². The van der Waals surface area contributed by atoms with Gasteiger partial charge < -0.3 is 43.4 Å². The summed E-state index contributed by atoms with van der Waals surface area (Å²) >= 11 is 0. The molecule has 24 heteroatoms. The van der Waals surface area contributed by atoms with E-state index in [1.54, 1.807) is 23.7 Å². The summed E-state index contributed by atoms with van der Waals surface area (Å²) in [6.07, 6.45) is 9.53. The van der Waals surface area contributed by atoms with Crippen molar-refractivity contribution in [2.75, 3.05) is 29.1 Å². The number of amides is 2. The monoisotopic (exact) mass is 1330 g/mol. The van der Waals surface area contributed by atoms with Crippen molar-refractivity contribution in [1.82, 2.24) is 69.9 Å². The zero-order valence-electron chi connectivity index (χ0n) is 55.5. The lowest BCUT2D eigenvalue weighted by Crippen LogP contribution is -2.23. The Kier molecular flexibility index (Phi) is 18.3. The number of nitrogens with zero attached hydrogens (tertiary/aromatic N) is 12. The Bertz CT molecular complexity index is 5060. The minimum absolute atomic E-state index is 0.0615. The number of hydrogen-bond acceptors (Lipinski definition) is 18. The van der Waals surface area contributed by atoms with E-state index in [1.165, 1.54) is 31.1 Å². The highest BCUT2D eigenvalue weighted by molar-refractivity contribution is 6.02. The number of aromatic nitrogens is 12. The average Bonchev–Trinajstić information content (AvgIpc) is 1.58. The standard InChI is InChI=1S/C26H26N6O2.C25H24N6O2.C24H25FN6O/c1-14-4-2-3-5-17(14)26(34)28-12-15-6-8-16(9-7-15)23-22-24(27)29-13-30-25(22)32(31-23)20-11-21(33)19-10-18(19)20;1-15-4-2-3-5-20(15)25(33)27-13-16-6-8-17(9-7-16)22-21-23(26)28-14-29-24(21)31(30-22)18-10-11-19(32)12-18;1-14-5-8-16(25)11-18(14)19(32)12-27-17-9-6-15(7-10-17)21-20-22(26)28-13-29-23(20)31(30-21)24(2,3)4/h2-9,13,18-21,33H,10-12H2,1H3,(H,28,34)(H2,27,29,30);2-11,14,18-19,32H,12-13H2,1H3,(H,27,33)(H2,26,28,29);5-11,13,27H,12H2,1-4H3,(H2,26,28,29). The summed E-state index contributed by atoms with van der Waals surface area (Å²) in [4.78, 5) is 63.3. The number of fused-ring (bicyclic) bond motifs is 4. The molecular weight excluding hydrogens is 1250 g/mol. The molecule has 6 atom stereocenters. The number of halogens is 1. The summed E-state index contributed by atoms with van der Waals surface area (Å²) < 4.78 is 19.1. The van der Waals surface area contributed by atoms with Crippen molar-refractivity contribution in [3.05, 3.63) is 221 Å². The number of nitrogen functional groups attached to an aromatic ring is 3. The number of aryl methyl sites for hydroxylation is 3. The molecule has 502 valence electrons. The predicted octanol–water partition coefficient (Wildman–Crippen LogP) is 11.0. The van der Waals surface area contributed by atoms with Crippen molar-refractivity contribution in [1.29, 1.82) is 0 Å². The van der Waals surface area contributed by atoms with Gasteiger partial charge in [0.15, 0.2) is 22.7 Å². The van der Waals surface area contributed by atoms with Crippen LogP contribution >= 0.6 is 0 Å². The SMILES string of the molecule is Cc1ccc(F)cc1C(=O)CNc1ccc(-c2nn(C(C)(C)C)c3ncnc(N)c23)cc1.Cc1ccccc1C(=O)NCc1ccc(-c2nn(C3C=CC(O)C3)c3ncnc(N)c23)cc1.Cc1ccccc1C(=O)NCc1ccc(-c2nn(C3CC(O)C4CC43)c3ncnc(N)c23)cc1. The van der Waals surface area contributed by atoms with Crippen LogP contribution in [0.15, 0.2) is 171 Å². The Morgan fingerprint density at radius 1 is 0.535 bits per heavy atom. The van der Waals surface area contributed by atoms with E-state index in [9.17, 15) is 29.0 Å². The predicted molar refractivity (Wildman–Crippen MR) is 379 cm³/mol. The summed E-state index contributed by atoms with van der Waals surface area (Å²) in [5, 5.41) is 45.9. The number of carbonyl (C=O) groups is 3. The van der Waals surface area contributed by atoms with Gasteiger partial charge in [-0.1, -0.05) is 115 Å². The van der Waals surface area contributed by atoms with Gasteiger partial charge in [0, 0.05) is 58.6 Å². The van der Waals surface area contributed by atoms with E-state index in [1.807, 2.05) is 171 Å². The molecule has 6 unspecified atom stereocenters. The van der Waals surface area contributed by atoms with Crippen molar-refractivity contribution in [3.63, 3.8) is 0 Å². The third-order valence-electron chi connectivity index (χ3n) is 18.4. The number of anilines is 4. The third-order valence-corrected chi connectivity index (χ3v) is 18.4. The maximum Gasteiger partial charge on any atom is 0.251 e. The van der Waals surface area contributed by atoms with Crippen molar-refractivity contribution in [2.24, 2.45) is 11.8 Å². The summed E-state index contributed by atoms with van der Waals surface area (Å²) in [6.45, 7) is 12.7. The quantitative estimate of drug-likeness (QED) is 0.0349. The zero-order chi connectivity index (χ0) is 69.4. The van der Waals surface area contributed by atoms with E-state index >= 15 is 0 Å². The summed E-state index contributed by atoms with van der Waals surface area (Å²) in [5.74, 6) is 1.17. The molecule has 0 bridgehead atoms.